The molecule has 0 bridgehead atoms. The van der Waals surface area contributed by atoms with Crippen LogP contribution in [0.25, 0.3) is 0 Å². The number of hydrogen-bond acceptors (Lipinski definition) is 3. The van der Waals surface area contributed by atoms with E-state index in [1.54, 1.807) is 0 Å². The van der Waals surface area contributed by atoms with Crippen LogP contribution in [0.5, 0.6) is 0 Å². The highest BCUT2D eigenvalue weighted by Gasteiger charge is 2.56. The van der Waals surface area contributed by atoms with Gasteiger partial charge < -0.3 is 10.1 Å². The zero-order valence-electron chi connectivity index (χ0n) is 17.7. The molecule has 1 amide bonds. The first-order valence-corrected chi connectivity index (χ1v) is 10.8. The molecule has 1 aromatic carbocycles. The zero-order valence-corrected chi connectivity index (χ0v) is 18.4. The molecule has 5 heteroatoms. The van der Waals surface area contributed by atoms with Crippen LogP contribution in [0.1, 0.15) is 76.0 Å². The molecule has 0 spiro atoms. The molecule has 1 fully saturated rings. The summed E-state index contributed by atoms with van der Waals surface area (Å²) >= 11 is 5.78. The molecule has 3 rings (SSSR count). The topological polar surface area (TPSA) is 55.4 Å². The number of benzene rings is 1. The van der Waals surface area contributed by atoms with Gasteiger partial charge in [0, 0.05) is 5.69 Å². The largest absolute Gasteiger partial charge is 0.469 e. The van der Waals surface area contributed by atoms with Crippen molar-refractivity contribution in [2.45, 2.75) is 71.1 Å². The number of fused-ring (bicyclic) bond motifs is 3. The van der Waals surface area contributed by atoms with Crippen molar-refractivity contribution in [3.63, 3.8) is 0 Å². The number of rotatable bonds is 4. The fraction of sp³-hybridized carbons (Fsp3) is 0.652. The van der Waals surface area contributed by atoms with E-state index in [4.69, 9.17) is 16.3 Å². The summed E-state index contributed by atoms with van der Waals surface area (Å²) in [5, 5.41) is 3.07. The number of hydrogen-bond donors (Lipinski definition) is 1. The lowest BCUT2D eigenvalue weighted by Crippen LogP contribution is -2.52. The fourth-order valence-electron chi connectivity index (χ4n) is 5.86. The maximum absolute atomic E-state index is 12.7. The number of alkyl halides is 1. The minimum atomic E-state index is -0.463. The Balaban J connectivity index is 2.14. The van der Waals surface area contributed by atoms with Crippen LogP contribution >= 0.6 is 11.6 Å². The number of carbonyl (C=O) groups excluding carboxylic acids is 2. The Morgan fingerprint density at radius 2 is 2.00 bits per heavy atom. The van der Waals surface area contributed by atoms with Crippen LogP contribution in [0.4, 0.5) is 5.69 Å². The highest BCUT2D eigenvalue weighted by atomic mass is 35.5. The maximum Gasteiger partial charge on any atom is 0.311 e. The van der Waals surface area contributed by atoms with Gasteiger partial charge in [-0.2, -0.15) is 0 Å². The minimum absolute atomic E-state index is 0.0541. The molecule has 3 atom stereocenters. The Morgan fingerprint density at radius 1 is 1.29 bits per heavy atom. The van der Waals surface area contributed by atoms with Crippen LogP contribution in [0.2, 0.25) is 0 Å². The predicted molar refractivity (Wildman–Crippen MR) is 113 cm³/mol. The number of halogens is 1. The number of carbonyl (C=O) groups is 2. The van der Waals surface area contributed by atoms with Gasteiger partial charge in [-0.15, -0.1) is 11.6 Å². The van der Waals surface area contributed by atoms with Crippen LogP contribution in [-0.2, 0) is 26.2 Å². The lowest BCUT2D eigenvalue weighted by Gasteiger charge is -2.54. The monoisotopic (exact) mass is 405 g/mol. The van der Waals surface area contributed by atoms with Crippen LogP contribution in [0, 0.1) is 11.3 Å². The zero-order chi connectivity index (χ0) is 20.7. The van der Waals surface area contributed by atoms with Gasteiger partial charge >= 0.3 is 5.97 Å². The number of anilines is 1. The Labute approximate surface area is 173 Å². The molecular weight excluding hydrogens is 374 g/mol. The Kier molecular flexibility index (Phi) is 5.82. The Morgan fingerprint density at radius 3 is 2.61 bits per heavy atom. The minimum Gasteiger partial charge on any atom is -0.469 e. The third-order valence-electron chi connectivity index (χ3n) is 7.23. The standard InChI is InChI=1S/C23H32ClNO3/c1-14(2)15-7-9-17-16(20(15)25-19(26)13-24)8-10-18-22(17,3)11-6-12-23(18,4)21(27)28-5/h7,9,14,18H,6,8,10-13H2,1-5H3,(H,25,26)/t18-,22-,23-/m1/s1. The SMILES string of the molecule is COC(=O)[C@]1(C)CCC[C@]2(C)c3ccc(C(C)C)c(NC(=O)CCl)c3CC[C@@H]12. The van der Waals surface area contributed by atoms with Crippen molar-refractivity contribution in [1.29, 1.82) is 0 Å². The van der Waals surface area contributed by atoms with Crippen molar-refractivity contribution in [3.05, 3.63) is 28.8 Å². The summed E-state index contributed by atoms with van der Waals surface area (Å²) < 4.78 is 5.21. The molecule has 4 nitrogen and oxygen atoms in total. The maximum atomic E-state index is 12.7. The van der Waals surface area contributed by atoms with Gasteiger partial charge in [-0.3, -0.25) is 9.59 Å². The molecule has 0 unspecified atom stereocenters. The van der Waals surface area contributed by atoms with E-state index >= 15 is 0 Å². The average molecular weight is 406 g/mol. The molecule has 0 aliphatic heterocycles. The van der Waals surface area contributed by atoms with Gasteiger partial charge in [-0.25, -0.2) is 0 Å². The fourth-order valence-corrected chi connectivity index (χ4v) is 5.93. The van der Waals surface area contributed by atoms with Crippen LogP contribution in [0.3, 0.4) is 0 Å². The summed E-state index contributed by atoms with van der Waals surface area (Å²) in [4.78, 5) is 24.8. The van der Waals surface area contributed by atoms with Crippen molar-refractivity contribution in [2.24, 2.45) is 11.3 Å². The smallest absolute Gasteiger partial charge is 0.311 e. The molecule has 0 heterocycles. The van der Waals surface area contributed by atoms with Gasteiger partial charge in [-0.1, -0.05) is 39.3 Å². The molecule has 2 aliphatic carbocycles. The summed E-state index contributed by atoms with van der Waals surface area (Å²) in [6.07, 6.45) is 4.67. The second-order valence-corrected chi connectivity index (χ2v) is 9.43. The van der Waals surface area contributed by atoms with Crippen molar-refractivity contribution < 1.29 is 14.3 Å². The van der Waals surface area contributed by atoms with Gasteiger partial charge in [0.05, 0.1) is 12.5 Å². The van der Waals surface area contributed by atoms with Gasteiger partial charge in [0.2, 0.25) is 5.91 Å². The van der Waals surface area contributed by atoms with Gasteiger partial charge in [0.1, 0.15) is 5.88 Å². The number of esters is 1. The van der Waals surface area contributed by atoms with E-state index in [2.05, 4.69) is 45.1 Å². The van der Waals surface area contributed by atoms with E-state index in [1.807, 2.05) is 0 Å². The number of methoxy groups -OCH3 is 1. The van der Waals surface area contributed by atoms with Crippen molar-refractivity contribution in [2.75, 3.05) is 18.3 Å². The van der Waals surface area contributed by atoms with Crippen LogP contribution in [-0.4, -0.2) is 24.9 Å². The second kappa shape index (κ2) is 7.70. The lowest BCUT2D eigenvalue weighted by molar-refractivity contribution is -0.161. The highest BCUT2D eigenvalue weighted by Crippen LogP contribution is 2.58. The molecular formula is C23H32ClNO3. The molecule has 0 saturated heterocycles. The summed E-state index contributed by atoms with van der Waals surface area (Å²) in [6.45, 7) is 8.64. The number of ether oxygens (including phenoxy) is 1. The lowest BCUT2D eigenvalue weighted by atomic mass is 9.49. The van der Waals surface area contributed by atoms with E-state index in [0.29, 0.717) is 5.92 Å². The third-order valence-corrected chi connectivity index (χ3v) is 7.48. The first-order valence-electron chi connectivity index (χ1n) is 10.3. The summed E-state index contributed by atoms with van der Waals surface area (Å²) in [7, 11) is 1.49. The number of nitrogens with one attached hydrogen (secondary N) is 1. The van der Waals surface area contributed by atoms with E-state index in [-0.39, 0.29) is 29.1 Å². The van der Waals surface area contributed by atoms with E-state index in [9.17, 15) is 9.59 Å². The van der Waals surface area contributed by atoms with E-state index < -0.39 is 5.41 Å². The molecule has 2 aliphatic rings. The first kappa shape index (κ1) is 21.2. The predicted octanol–water partition coefficient (Wildman–Crippen LogP) is 5.17. The Hall–Kier alpha value is -1.55. The van der Waals surface area contributed by atoms with Gasteiger partial charge in [0.25, 0.3) is 0 Å². The summed E-state index contributed by atoms with van der Waals surface area (Å²) in [5.74, 6) is 0.207. The summed E-state index contributed by atoms with van der Waals surface area (Å²) in [5.41, 5.74) is 4.00. The molecule has 0 radical (unpaired) electrons. The molecule has 28 heavy (non-hydrogen) atoms. The Bertz CT molecular complexity index is 790. The van der Waals surface area contributed by atoms with Crippen molar-refractivity contribution in [1.82, 2.24) is 0 Å². The molecule has 0 aromatic heterocycles. The summed E-state index contributed by atoms with van der Waals surface area (Å²) in [6, 6.07) is 4.38. The van der Waals surface area contributed by atoms with Gasteiger partial charge in [-0.05, 0) is 66.5 Å². The molecule has 1 saturated carbocycles. The highest BCUT2D eigenvalue weighted by molar-refractivity contribution is 6.29. The molecule has 1 N–H and O–H groups in total. The first-order chi connectivity index (χ1) is 13.2. The molecule has 1 aromatic rings. The molecule has 154 valence electrons. The van der Waals surface area contributed by atoms with E-state index in [0.717, 1.165) is 43.4 Å². The van der Waals surface area contributed by atoms with Gasteiger partial charge in [0.15, 0.2) is 0 Å². The van der Waals surface area contributed by atoms with Crippen LogP contribution < -0.4 is 5.32 Å². The third kappa shape index (κ3) is 3.24. The average Bonchev–Trinajstić information content (AvgIpc) is 2.66. The number of amides is 1. The van der Waals surface area contributed by atoms with Crippen molar-refractivity contribution in [3.8, 4) is 0 Å². The quantitative estimate of drug-likeness (QED) is 0.555. The van der Waals surface area contributed by atoms with Crippen molar-refractivity contribution >= 4 is 29.2 Å². The van der Waals surface area contributed by atoms with E-state index in [1.165, 1.54) is 18.2 Å². The normalized spacial score (nSPS) is 29.0. The second-order valence-electron chi connectivity index (χ2n) is 9.16. The van der Waals surface area contributed by atoms with Crippen LogP contribution in [0.15, 0.2) is 12.1 Å².